The molecule has 0 aliphatic rings. The first kappa shape index (κ1) is 12.4. The maximum Gasteiger partial charge on any atom is 0.105 e. The van der Waals surface area contributed by atoms with Crippen LogP contribution < -0.4 is 0 Å². The number of hydrogen-bond acceptors (Lipinski definition) is 0. The van der Waals surface area contributed by atoms with Crippen molar-refractivity contribution in [2.75, 3.05) is 0 Å². The van der Waals surface area contributed by atoms with Gasteiger partial charge in [0, 0.05) is 10.1 Å². The van der Waals surface area contributed by atoms with Gasteiger partial charge < -0.3 is 0 Å². The molecule has 0 aromatic rings. The summed E-state index contributed by atoms with van der Waals surface area (Å²) in [5, 5.41) is 0. The van der Waals surface area contributed by atoms with E-state index in [2.05, 4.69) is 22.5 Å². The molecule has 0 aromatic heterocycles. The quantitative estimate of drug-likeness (QED) is 0.634. The van der Waals surface area contributed by atoms with Gasteiger partial charge in [-0.25, -0.2) is 4.39 Å². The van der Waals surface area contributed by atoms with Crippen LogP contribution in [0.2, 0.25) is 0 Å². The van der Waals surface area contributed by atoms with Gasteiger partial charge in [-0.3, -0.25) is 0 Å². The monoisotopic (exact) mass is 244 g/mol. The first-order valence-electron chi connectivity index (χ1n) is 4.02. The van der Waals surface area contributed by atoms with Crippen LogP contribution in [0.25, 0.3) is 0 Å². The van der Waals surface area contributed by atoms with Gasteiger partial charge in [0.05, 0.1) is 0 Å². The molecule has 0 unspecified atom stereocenters. The number of halogens is 2. The molecule has 0 heterocycles. The van der Waals surface area contributed by atoms with Crippen LogP contribution in [0.3, 0.4) is 0 Å². The largest absolute Gasteiger partial charge is 0.211 e. The van der Waals surface area contributed by atoms with Gasteiger partial charge in [0.1, 0.15) is 5.83 Å². The topological polar surface area (TPSA) is 0 Å². The van der Waals surface area contributed by atoms with Gasteiger partial charge in [-0.1, -0.05) is 40.7 Å². The predicted molar refractivity (Wildman–Crippen MR) is 60.4 cm³/mol. The molecule has 0 N–H and O–H groups in total. The Bertz CT molecular complexity index is 278. The van der Waals surface area contributed by atoms with Gasteiger partial charge in [-0.2, -0.15) is 0 Å². The van der Waals surface area contributed by atoms with E-state index in [-0.39, 0.29) is 5.83 Å². The van der Waals surface area contributed by atoms with Gasteiger partial charge in [-0.15, -0.1) is 0 Å². The molecule has 0 amide bonds. The summed E-state index contributed by atoms with van der Waals surface area (Å²) < 4.78 is 13.9. The highest BCUT2D eigenvalue weighted by molar-refractivity contribution is 9.12. The molecule has 13 heavy (non-hydrogen) atoms. The minimum atomic E-state index is -0.194. The van der Waals surface area contributed by atoms with Crippen LogP contribution in [-0.4, -0.2) is 0 Å². The summed E-state index contributed by atoms with van der Waals surface area (Å²) in [7, 11) is 0. The molecule has 0 saturated carbocycles. The minimum absolute atomic E-state index is 0.194. The van der Waals surface area contributed by atoms with Crippen LogP contribution in [0.15, 0.2) is 46.3 Å². The summed E-state index contributed by atoms with van der Waals surface area (Å²) >= 11 is 3.30. The third-order valence-corrected chi connectivity index (χ3v) is 2.45. The smallest absolute Gasteiger partial charge is 0.105 e. The van der Waals surface area contributed by atoms with Gasteiger partial charge >= 0.3 is 0 Å². The molecule has 0 fully saturated rings. The third kappa shape index (κ3) is 3.73. The molecule has 0 aliphatic carbocycles. The maximum absolute atomic E-state index is 13.1. The summed E-state index contributed by atoms with van der Waals surface area (Å²) in [6.45, 7) is 8.72. The van der Waals surface area contributed by atoms with E-state index >= 15 is 0 Å². The summed E-state index contributed by atoms with van der Waals surface area (Å²) in [5.41, 5.74) is 1.46. The molecule has 0 nitrogen and oxygen atoms in total. The lowest BCUT2D eigenvalue weighted by molar-refractivity contribution is 0.632. The van der Waals surface area contributed by atoms with Gasteiger partial charge in [0.2, 0.25) is 0 Å². The zero-order valence-corrected chi connectivity index (χ0v) is 9.78. The Balaban J connectivity index is 5.20. The Kier molecular flexibility index (Phi) is 5.63. The van der Waals surface area contributed by atoms with Gasteiger partial charge in [-0.05, 0) is 26.3 Å². The first-order chi connectivity index (χ1) is 6.04. The molecule has 0 radical (unpaired) electrons. The third-order valence-electron chi connectivity index (χ3n) is 1.60. The Morgan fingerprint density at radius 1 is 1.38 bits per heavy atom. The van der Waals surface area contributed by atoms with E-state index in [9.17, 15) is 4.39 Å². The summed E-state index contributed by atoms with van der Waals surface area (Å²) in [5.74, 6) is -0.194. The SMILES string of the molecule is C=C\C=C(C)/C(=C(\C)F)C(/Br)=C\C. The zero-order chi connectivity index (χ0) is 10.4. The Labute approximate surface area is 87.7 Å². The van der Waals surface area contributed by atoms with Gasteiger partial charge in [0.15, 0.2) is 0 Å². The van der Waals surface area contributed by atoms with Crippen LogP contribution in [0.5, 0.6) is 0 Å². The van der Waals surface area contributed by atoms with Crippen molar-refractivity contribution < 1.29 is 4.39 Å². The number of allylic oxidation sites excluding steroid dienone is 7. The molecule has 0 bridgehead atoms. The average molecular weight is 245 g/mol. The number of rotatable bonds is 3. The first-order valence-corrected chi connectivity index (χ1v) is 4.82. The molecular formula is C11H14BrF. The van der Waals surface area contributed by atoms with Crippen molar-refractivity contribution in [3.63, 3.8) is 0 Å². The van der Waals surface area contributed by atoms with E-state index in [1.54, 1.807) is 12.2 Å². The second kappa shape index (κ2) is 5.92. The van der Waals surface area contributed by atoms with Crippen LogP contribution in [0.1, 0.15) is 20.8 Å². The van der Waals surface area contributed by atoms with Crippen LogP contribution in [-0.2, 0) is 0 Å². The molecular weight excluding hydrogens is 231 g/mol. The lowest BCUT2D eigenvalue weighted by Crippen LogP contribution is -1.88. The van der Waals surface area contributed by atoms with Crippen LogP contribution in [0.4, 0.5) is 4.39 Å². The van der Waals surface area contributed by atoms with Crippen molar-refractivity contribution in [1.29, 1.82) is 0 Å². The van der Waals surface area contributed by atoms with Crippen molar-refractivity contribution in [3.8, 4) is 0 Å². The Morgan fingerprint density at radius 3 is 2.23 bits per heavy atom. The normalized spacial score (nSPS) is 15.5. The molecule has 0 aliphatic heterocycles. The van der Waals surface area contributed by atoms with Crippen molar-refractivity contribution in [2.45, 2.75) is 20.8 Å². The van der Waals surface area contributed by atoms with Crippen molar-refractivity contribution in [1.82, 2.24) is 0 Å². The molecule has 0 spiro atoms. The lowest BCUT2D eigenvalue weighted by Gasteiger charge is -2.06. The fourth-order valence-electron chi connectivity index (χ4n) is 1.03. The zero-order valence-electron chi connectivity index (χ0n) is 8.20. The second-order valence-corrected chi connectivity index (χ2v) is 3.48. The Morgan fingerprint density at radius 2 is 1.92 bits per heavy atom. The predicted octanol–water partition coefficient (Wildman–Crippen LogP) is 4.66. The van der Waals surface area contributed by atoms with Crippen molar-refractivity contribution in [2.24, 2.45) is 0 Å². The second-order valence-electron chi connectivity index (χ2n) is 2.63. The summed E-state index contributed by atoms with van der Waals surface area (Å²) in [6, 6.07) is 0. The summed E-state index contributed by atoms with van der Waals surface area (Å²) in [4.78, 5) is 0. The standard InChI is InChI=1S/C11H14BrF/c1-5-7-8(3)11(9(4)13)10(12)6-2/h5-7H,1H2,2-4H3/b8-7-,10-6+,11-9-. The average Bonchev–Trinajstić information content (AvgIpc) is 2.04. The molecule has 2 heteroatoms. The highest BCUT2D eigenvalue weighted by Gasteiger charge is 2.07. The fourth-order valence-corrected chi connectivity index (χ4v) is 1.61. The highest BCUT2D eigenvalue weighted by atomic mass is 79.9. The maximum atomic E-state index is 13.1. The van der Waals surface area contributed by atoms with E-state index in [1.807, 2.05) is 19.9 Å². The molecule has 0 saturated heterocycles. The van der Waals surface area contributed by atoms with E-state index < -0.39 is 0 Å². The van der Waals surface area contributed by atoms with Crippen LogP contribution >= 0.6 is 15.9 Å². The van der Waals surface area contributed by atoms with E-state index in [1.165, 1.54) is 6.92 Å². The minimum Gasteiger partial charge on any atom is -0.211 e. The van der Waals surface area contributed by atoms with Crippen molar-refractivity contribution >= 4 is 15.9 Å². The molecule has 72 valence electrons. The van der Waals surface area contributed by atoms with Crippen molar-refractivity contribution in [3.05, 3.63) is 46.3 Å². The summed E-state index contributed by atoms with van der Waals surface area (Å²) in [6.07, 6.45) is 5.25. The molecule has 0 atom stereocenters. The van der Waals surface area contributed by atoms with Gasteiger partial charge in [0.25, 0.3) is 0 Å². The van der Waals surface area contributed by atoms with E-state index in [4.69, 9.17) is 0 Å². The Hall–Kier alpha value is -0.630. The lowest BCUT2D eigenvalue weighted by atomic mass is 10.1. The number of hydrogen-bond donors (Lipinski definition) is 0. The van der Waals surface area contributed by atoms with Crippen LogP contribution in [0, 0.1) is 0 Å². The molecule has 0 rings (SSSR count). The van der Waals surface area contributed by atoms with E-state index in [0.717, 1.165) is 10.1 Å². The fraction of sp³-hybridized carbons (Fsp3) is 0.273. The van der Waals surface area contributed by atoms with E-state index in [0.29, 0.717) is 5.57 Å². The highest BCUT2D eigenvalue weighted by Crippen LogP contribution is 2.27. The molecule has 0 aromatic carbocycles.